The molecule has 0 bridgehead atoms. The summed E-state index contributed by atoms with van der Waals surface area (Å²) in [7, 11) is -3.95. The molecular formula is C14H16FN3O6S. The third kappa shape index (κ3) is 3.18. The van der Waals surface area contributed by atoms with E-state index in [9.17, 15) is 27.7 Å². The first-order valence-electron chi connectivity index (χ1n) is 7.07. The third-order valence-electron chi connectivity index (χ3n) is 4.14. The molecule has 2 N–H and O–H groups in total. The van der Waals surface area contributed by atoms with E-state index in [4.69, 9.17) is 5.11 Å². The third-order valence-corrected chi connectivity index (χ3v) is 6.83. The number of amidine groups is 1. The molecule has 1 aliphatic rings. The van der Waals surface area contributed by atoms with Crippen LogP contribution in [0.1, 0.15) is 26.3 Å². The molecule has 0 saturated carbocycles. The number of carboxylic acid groups (broad SMARTS) is 1. The lowest BCUT2D eigenvalue weighted by Gasteiger charge is -2.38. The van der Waals surface area contributed by atoms with E-state index in [0.717, 1.165) is 18.2 Å². The fourth-order valence-electron chi connectivity index (χ4n) is 2.57. The van der Waals surface area contributed by atoms with E-state index < -0.39 is 48.4 Å². The van der Waals surface area contributed by atoms with Crippen LogP contribution in [0, 0.1) is 15.9 Å². The Morgan fingerprint density at radius 2 is 2.00 bits per heavy atom. The quantitative estimate of drug-likeness (QED) is 0.599. The van der Waals surface area contributed by atoms with Crippen molar-refractivity contribution in [1.82, 2.24) is 5.32 Å². The monoisotopic (exact) mass is 373 g/mol. The number of sulfone groups is 1. The molecule has 1 unspecified atom stereocenters. The molecule has 0 aliphatic carbocycles. The lowest BCUT2D eigenvalue weighted by atomic mass is 9.92. The van der Waals surface area contributed by atoms with Crippen molar-refractivity contribution in [2.45, 2.75) is 31.1 Å². The highest BCUT2D eigenvalue weighted by Gasteiger charge is 2.51. The van der Waals surface area contributed by atoms with Crippen molar-refractivity contribution in [3.05, 3.63) is 39.7 Å². The smallest absolute Gasteiger partial charge is 0.410 e. The molecule has 0 fully saturated rings. The number of aliphatic imine (C=N–C) groups is 1. The molecule has 2 rings (SSSR count). The SMILES string of the molecule is CC1(c2cc([N+](=O)[O-])ccc2F)CS(=O)(=O)C(C)(C)C(NC(=O)O)=N1. The highest BCUT2D eigenvalue weighted by Crippen LogP contribution is 2.39. The van der Waals surface area contributed by atoms with Gasteiger partial charge >= 0.3 is 6.09 Å². The van der Waals surface area contributed by atoms with Crippen molar-refractivity contribution in [2.75, 3.05) is 5.75 Å². The van der Waals surface area contributed by atoms with Crippen LogP contribution in [0.3, 0.4) is 0 Å². The lowest BCUT2D eigenvalue weighted by Crippen LogP contribution is -2.57. The minimum atomic E-state index is -3.95. The molecule has 1 heterocycles. The minimum Gasteiger partial charge on any atom is -0.465 e. The number of carbonyl (C=O) groups is 1. The van der Waals surface area contributed by atoms with Crippen LogP contribution in [-0.2, 0) is 15.4 Å². The van der Waals surface area contributed by atoms with Crippen LogP contribution >= 0.6 is 0 Å². The van der Waals surface area contributed by atoms with Gasteiger partial charge in [0.25, 0.3) is 5.69 Å². The number of non-ortho nitro benzene ring substituents is 1. The molecule has 0 radical (unpaired) electrons. The molecule has 0 spiro atoms. The Labute approximate surface area is 142 Å². The number of amides is 1. The van der Waals surface area contributed by atoms with Gasteiger partial charge in [-0.3, -0.25) is 20.4 Å². The standard InChI is InChI=1S/C14H16FN3O6S/c1-13(2)11(16-12(19)20)17-14(3,7-25(13,23)24)9-6-8(18(21)22)4-5-10(9)15/h4-6H,7H2,1-3H3,(H,16,17)(H,19,20). The molecule has 1 atom stereocenters. The van der Waals surface area contributed by atoms with E-state index in [0.29, 0.717) is 0 Å². The summed E-state index contributed by atoms with van der Waals surface area (Å²) in [6.07, 6.45) is -1.52. The summed E-state index contributed by atoms with van der Waals surface area (Å²) in [4.78, 5) is 25.3. The molecule has 0 aromatic heterocycles. The number of rotatable bonds is 2. The topological polar surface area (TPSA) is 139 Å². The maximum absolute atomic E-state index is 14.3. The van der Waals surface area contributed by atoms with Crippen LogP contribution in [-0.4, -0.2) is 40.9 Å². The maximum atomic E-state index is 14.3. The number of hydrogen-bond donors (Lipinski definition) is 2. The van der Waals surface area contributed by atoms with Crippen LogP contribution < -0.4 is 5.32 Å². The largest absolute Gasteiger partial charge is 0.465 e. The molecule has 1 aromatic carbocycles. The minimum absolute atomic E-state index is 0.300. The fraction of sp³-hybridized carbons (Fsp3) is 0.429. The van der Waals surface area contributed by atoms with Crippen molar-refractivity contribution >= 4 is 27.5 Å². The highest BCUT2D eigenvalue weighted by molar-refractivity contribution is 7.93. The van der Waals surface area contributed by atoms with Crippen molar-refractivity contribution in [3.8, 4) is 0 Å². The second kappa shape index (κ2) is 5.76. The summed E-state index contributed by atoms with van der Waals surface area (Å²) >= 11 is 0. The van der Waals surface area contributed by atoms with Gasteiger partial charge in [0, 0.05) is 17.7 Å². The molecule has 25 heavy (non-hydrogen) atoms. The lowest BCUT2D eigenvalue weighted by molar-refractivity contribution is -0.385. The van der Waals surface area contributed by atoms with Crippen LogP contribution in [0.5, 0.6) is 0 Å². The van der Waals surface area contributed by atoms with Gasteiger partial charge in [-0.2, -0.15) is 0 Å². The normalized spacial score (nSPS) is 24.2. The Hall–Kier alpha value is -2.56. The first kappa shape index (κ1) is 18.8. The van der Waals surface area contributed by atoms with Crippen molar-refractivity contribution in [3.63, 3.8) is 0 Å². The summed E-state index contributed by atoms with van der Waals surface area (Å²) < 4.78 is 37.9. The van der Waals surface area contributed by atoms with Gasteiger partial charge in [-0.1, -0.05) is 0 Å². The van der Waals surface area contributed by atoms with E-state index in [1.54, 1.807) is 0 Å². The van der Waals surface area contributed by atoms with Crippen molar-refractivity contribution < 1.29 is 27.6 Å². The van der Waals surface area contributed by atoms with Gasteiger partial charge in [0.15, 0.2) is 9.84 Å². The molecule has 1 aromatic rings. The summed E-state index contributed by atoms with van der Waals surface area (Å²) in [5.74, 6) is -1.88. The van der Waals surface area contributed by atoms with Crippen LogP contribution in [0.25, 0.3) is 0 Å². The van der Waals surface area contributed by atoms with E-state index in [1.807, 2.05) is 5.32 Å². The molecular weight excluding hydrogens is 357 g/mol. The molecule has 1 aliphatic heterocycles. The Balaban J connectivity index is 2.73. The second-order valence-corrected chi connectivity index (χ2v) is 8.89. The van der Waals surface area contributed by atoms with Crippen LogP contribution in [0.4, 0.5) is 14.9 Å². The summed E-state index contributed by atoms with van der Waals surface area (Å²) in [5, 5.41) is 21.8. The second-order valence-electron chi connectivity index (χ2n) is 6.36. The van der Waals surface area contributed by atoms with Crippen LogP contribution in [0.15, 0.2) is 23.2 Å². The Kier molecular flexibility index (Phi) is 4.32. The van der Waals surface area contributed by atoms with Gasteiger partial charge in [0.2, 0.25) is 0 Å². The Morgan fingerprint density at radius 3 is 2.52 bits per heavy atom. The number of nitrogens with zero attached hydrogens (tertiary/aromatic N) is 2. The Morgan fingerprint density at radius 1 is 1.40 bits per heavy atom. The molecule has 11 heteroatoms. The van der Waals surface area contributed by atoms with Gasteiger partial charge in [-0.25, -0.2) is 17.6 Å². The summed E-state index contributed by atoms with van der Waals surface area (Å²) in [6, 6.07) is 2.71. The van der Waals surface area contributed by atoms with E-state index in [1.165, 1.54) is 20.8 Å². The highest BCUT2D eigenvalue weighted by atomic mass is 32.2. The summed E-state index contributed by atoms with van der Waals surface area (Å²) in [6.45, 7) is 3.84. The predicted molar refractivity (Wildman–Crippen MR) is 86.9 cm³/mol. The van der Waals surface area contributed by atoms with E-state index in [2.05, 4.69) is 4.99 Å². The zero-order valence-corrected chi connectivity index (χ0v) is 14.4. The van der Waals surface area contributed by atoms with Gasteiger partial charge in [0.1, 0.15) is 21.9 Å². The number of halogens is 1. The number of nitro groups is 1. The molecule has 136 valence electrons. The van der Waals surface area contributed by atoms with E-state index >= 15 is 0 Å². The van der Waals surface area contributed by atoms with Gasteiger partial charge in [-0.05, 0) is 26.8 Å². The summed E-state index contributed by atoms with van der Waals surface area (Å²) in [5.41, 5.74) is -2.45. The Bertz CT molecular complexity index is 896. The maximum Gasteiger partial charge on any atom is 0.410 e. The van der Waals surface area contributed by atoms with Crippen LogP contribution in [0.2, 0.25) is 0 Å². The number of nitrogens with one attached hydrogen (secondary N) is 1. The number of nitro benzene ring substituents is 1. The molecule has 1 amide bonds. The number of benzene rings is 1. The zero-order valence-electron chi connectivity index (χ0n) is 13.6. The zero-order chi connectivity index (χ0) is 19.2. The van der Waals surface area contributed by atoms with E-state index in [-0.39, 0.29) is 11.4 Å². The molecule has 0 saturated heterocycles. The van der Waals surface area contributed by atoms with Crippen molar-refractivity contribution in [1.29, 1.82) is 0 Å². The van der Waals surface area contributed by atoms with Gasteiger partial charge < -0.3 is 5.11 Å². The predicted octanol–water partition coefficient (Wildman–Crippen LogP) is 1.82. The van der Waals surface area contributed by atoms with Gasteiger partial charge in [0.05, 0.1) is 10.7 Å². The average molecular weight is 373 g/mol. The average Bonchev–Trinajstić information content (AvgIpc) is 2.44. The van der Waals surface area contributed by atoms with Gasteiger partial charge in [-0.15, -0.1) is 0 Å². The first-order chi connectivity index (χ1) is 11.3. The van der Waals surface area contributed by atoms with Crippen molar-refractivity contribution in [2.24, 2.45) is 4.99 Å². The number of hydrogen-bond acceptors (Lipinski definition) is 6. The fourth-order valence-corrected chi connectivity index (χ4v) is 4.28. The molecule has 9 nitrogen and oxygen atoms in total. The first-order valence-corrected chi connectivity index (χ1v) is 8.72.